The van der Waals surface area contributed by atoms with Crippen molar-refractivity contribution in [2.75, 3.05) is 16.3 Å². The number of aromatic nitrogens is 1. The van der Waals surface area contributed by atoms with Gasteiger partial charge in [0, 0.05) is 11.8 Å². The maximum Gasteiger partial charge on any atom is 0.326 e. The molecule has 2 N–H and O–H groups in total. The number of carboxylic acids is 1. The number of sulfonamides is 1. The highest BCUT2D eigenvalue weighted by atomic mass is 32.2. The predicted octanol–water partition coefficient (Wildman–Crippen LogP) is 5.39. The molecule has 212 valence electrons. The van der Waals surface area contributed by atoms with E-state index >= 15 is 0 Å². The maximum absolute atomic E-state index is 14.2. The van der Waals surface area contributed by atoms with E-state index < -0.39 is 27.9 Å². The Hall–Kier alpha value is -4.15. The quantitative estimate of drug-likeness (QED) is 0.228. The van der Waals surface area contributed by atoms with E-state index in [1.54, 1.807) is 24.4 Å². The van der Waals surface area contributed by atoms with E-state index in [-0.39, 0.29) is 23.4 Å². The van der Waals surface area contributed by atoms with E-state index in [2.05, 4.69) is 10.3 Å². The van der Waals surface area contributed by atoms with E-state index in [0.29, 0.717) is 22.6 Å². The topological polar surface area (TPSA) is 117 Å². The number of rotatable bonds is 12. The monoisotopic (exact) mass is 589 g/mol. The lowest BCUT2D eigenvalue weighted by atomic mass is 9.95. The molecule has 0 aliphatic heterocycles. The minimum absolute atomic E-state index is 0.00995. The van der Waals surface area contributed by atoms with Crippen molar-refractivity contribution in [2.24, 2.45) is 0 Å². The Bertz CT molecular complexity index is 1610. The molecule has 0 unspecified atom stereocenters. The summed E-state index contributed by atoms with van der Waals surface area (Å²) >= 11 is 1.49. The zero-order chi connectivity index (χ0) is 29.4. The summed E-state index contributed by atoms with van der Waals surface area (Å²) in [5, 5.41) is 12.3. The van der Waals surface area contributed by atoms with Crippen molar-refractivity contribution in [1.29, 1.82) is 0 Å². The first kappa shape index (κ1) is 29.8. The SMILES string of the molecule is CSCC[C@H](NC(=O)c1ccc(S(=O)(=O)N(Cc2ccccc2)c2cccnc2)cc1-c1ccccc1C)C(=O)O. The third-order valence-corrected chi connectivity index (χ3v) is 8.99. The number of amides is 1. The summed E-state index contributed by atoms with van der Waals surface area (Å²) < 4.78 is 29.7. The Morgan fingerprint density at radius 2 is 1.71 bits per heavy atom. The number of nitrogens with zero attached hydrogens (tertiary/aromatic N) is 2. The van der Waals surface area contributed by atoms with Crippen LogP contribution in [0.15, 0.2) is 102 Å². The molecule has 41 heavy (non-hydrogen) atoms. The van der Waals surface area contributed by atoms with E-state index in [1.165, 1.54) is 40.5 Å². The Kier molecular flexibility index (Phi) is 9.80. The second kappa shape index (κ2) is 13.5. The molecular formula is C31H31N3O5S2. The molecule has 3 aromatic carbocycles. The Balaban J connectivity index is 1.82. The number of aliphatic carboxylic acids is 1. The highest BCUT2D eigenvalue weighted by Gasteiger charge is 2.28. The van der Waals surface area contributed by atoms with Gasteiger partial charge in [0.1, 0.15) is 6.04 Å². The van der Waals surface area contributed by atoms with Crippen LogP contribution in [0.1, 0.15) is 27.9 Å². The van der Waals surface area contributed by atoms with Gasteiger partial charge in [0.05, 0.1) is 23.3 Å². The molecule has 0 saturated heterocycles. The van der Waals surface area contributed by atoms with Crippen molar-refractivity contribution in [3.8, 4) is 11.1 Å². The fourth-order valence-electron chi connectivity index (χ4n) is 4.40. The molecule has 0 fully saturated rings. The fraction of sp³-hybridized carbons (Fsp3) is 0.194. The molecule has 1 heterocycles. The zero-order valence-electron chi connectivity index (χ0n) is 22.7. The summed E-state index contributed by atoms with van der Waals surface area (Å²) in [7, 11) is -4.12. The lowest BCUT2D eigenvalue weighted by Crippen LogP contribution is -2.41. The molecule has 1 atom stereocenters. The number of thioether (sulfide) groups is 1. The minimum Gasteiger partial charge on any atom is -0.480 e. The Labute approximate surface area is 244 Å². The largest absolute Gasteiger partial charge is 0.480 e. The van der Waals surface area contributed by atoms with E-state index in [4.69, 9.17) is 0 Å². The molecule has 0 radical (unpaired) electrons. The Morgan fingerprint density at radius 1 is 0.976 bits per heavy atom. The second-order valence-corrected chi connectivity index (χ2v) is 12.2. The average Bonchev–Trinajstić information content (AvgIpc) is 2.98. The van der Waals surface area contributed by atoms with Crippen molar-refractivity contribution in [3.63, 3.8) is 0 Å². The van der Waals surface area contributed by atoms with Gasteiger partial charge in [0.2, 0.25) is 0 Å². The molecular weight excluding hydrogens is 558 g/mol. The van der Waals surface area contributed by atoms with E-state index in [1.807, 2.05) is 61.7 Å². The number of aryl methyl sites for hydroxylation is 1. The van der Waals surface area contributed by atoms with Crippen LogP contribution >= 0.6 is 11.8 Å². The number of pyridine rings is 1. The number of hydrogen-bond acceptors (Lipinski definition) is 6. The van der Waals surface area contributed by atoms with Gasteiger partial charge in [-0.1, -0.05) is 54.6 Å². The Morgan fingerprint density at radius 3 is 2.37 bits per heavy atom. The number of anilines is 1. The van der Waals surface area contributed by atoms with Crippen molar-refractivity contribution < 1.29 is 23.1 Å². The molecule has 0 spiro atoms. The van der Waals surface area contributed by atoms with Gasteiger partial charge in [-0.2, -0.15) is 11.8 Å². The lowest BCUT2D eigenvalue weighted by Gasteiger charge is -2.25. The van der Waals surface area contributed by atoms with Crippen molar-refractivity contribution in [3.05, 3.63) is 114 Å². The van der Waals surface area contributed by atoms with E-state index in [9.17, 15) is 23.1 Å². The first-order valence-electron chi connectivity index (χ1n) is 12.9. The summed E-state index contributed by atoms with van der Waals surface area (Å²) in [6, 6.07) is 23.2. The lowest BCUT2D eigenvalue weighted by molar-refractivity contribution is -0.139. The van der Waals surface area contributed by atoms with Crippen LogP contribution < -0.4 is 9.62 Å². The number of hydrogen-bond donors (Lipinski definition) is 2. The summed E-state index contributed by atoms with van der Waals surface area (Å²) in [6.45, 7) is 1.95. The van der Waals surface area contributed by atoms with Crippen LogP contribution in [0.4, 0.5) is 5.69 Å². The number of carboxylic acid groups (broad SMARTS) is 1. The molecule has 1 amide bonds. The molecule has 0 aliphatic carbocycles. The molecule has 0 saturated carbocycles. The third-order valence-electron chi connectivity index (χ3n) is 6.58. The molecule has 10 heteroatoms. The van der Waals surface area contributed by atoms with Gasteiger partial charge in [-0.05, 0) is 77.9 Å². The number of nitrogens with one attached hydrogen (secondary N) is 1. The van der Waals surface area contributed by atoms with Crippen molar-refractivity contribution in [2.45, 2.75) is 30.8 Å². The highest BCUT2D eigenvalue weighted by Crippen LogP contribution is 2.32. The van der Waals surface area contributed by atoms with Crippen LogP contribution in [0.3, 0.4) is 0 Å². The number of carbonyl (C=O) groups is 2. The standard InChI is InChI=1S/C31H31N3O5S2/c1-22-9-6-7-13-26(22)28-19-25(14-15-27(28)30(35)33-29(31(36)37)16-18-40-2)41(38,39)34(24-12-8-17-32-20-24)21-23-10-4-3-5-11-23/h3-15,17,19-20,29H,16,18,21H2,1-2H3,(H,33,35)(H,36,37)/t29-/m0/s1. The van der Waals surface area contributed by atoms with Gasteiger partial charge >= 0.3 is 5.97 Å². The first-order chi connectivity index (χ1) is 19.7. The average molecular weight is 590 g/mol. The third kappa shape index (κ3) is 7.14. The summed E-state index contributed by atoms with van der Waals surface area (Å²) in [5.74, 6) is -1.16. The number of carbonyl (C=O) groups excluding carboxylic acids is 1. The molecule has 1 aromatic heterocycles. The summed E-state index contributed by atoms with van der Waals surface area (Å²) in [5.41, 5.74) is 3.27. The van der Waals surface area contributed by atoms with Crippen LogP contribution in [-0.4, -0.2) is 48.4 Å². The molecule has 0 aliphatic rings. The van der Waals surface area contributed by atoms with Crippen LogP contribution in [0, 0.1) is 6.92 Å². The van der Waals surface area contributed by atoms with Gasteiger partial charge in [-0.25, -0.2) is 13.2 Å². The van der Waals surface area contributed by atoms with Crippen LogP contribution in [0.25, 0.3) is 11.1 Å². The van der Waals surface area contributed by atoms with Crippen LogP contribution in [-0.2, 0) is 21.4 Å². The van der Waals surface area contributed by atoms with Crippen molar-refractivity contribution in [1.82, 2.24) is 10.3 Å². The minimum atomic E-state index is -4.12. The van der Waals surface area contributed by atoms with Gasteiger partial charge < -0.3 is 10.4 Å². The van der Waals surface area contributed by atoms with Gasteiger partial charge in [0.15, 0.2) is 0 Å². The zero-order valence-corrected chi connectivity index (χ0v) is 24.4. The summed E-state index contributed by atoms with van der Waals surface area (Å²) in [4.78, 5) is 29.4. The smallest absolute Gasteiger partial charge is 0.326 e. The molecule has 4 aromatic rings. The van der Waals surface area contributed by atoms with Crippen LogP contribution in [0.5, 0.6) is 0 Å². The summed E-state index contributed by atoms with van der Waals surface area (Å²) in [6.07, 6.45) is 5.19. The van der Waals surface area contributed by atoms with Crippen molar-refractivity contribution >= 4 is 39.3 Å². The van der Waals surface area contributed by atoms with Gasteiger partial charge in [0.25, 0.3) is 15.9 Å². The van der Waals surface area contributed by atoms with Crippen LogP contribution in [0.2, 0.25) is 0 Å². The van der Waals surface area contributed by atoms with Gasteiger partial charge in [-0.15, -0.1) is 0 Å². The maximum atomic E-state index is 14.2. The fourth-order valence-corrected chi connectivity index (χ4v) is 6.34. The predicted molar refractivity (Wildman–Crippen MR) is 163 cm³/mol. The highest BCUT2D eigenvalue weighted by molar-refractivity contribution is 7.98. The van der Waals surface area contributed by atoms with E-state index in [0.717, 1.165) is 11.1 Å². The first-order valence-corrected chi connectivity index (χ1v) is 15.7. The molecule has 8 nitrogen and oxygen atoms in total. The molecule has 0 bridgehead atoms. The normalized spacial score (nSPS) is 12.0. The number of benzene rings is 3. The van der Waals surface area contributed by atoms with Gasteiger partial charge in [-0.3, -0.25) is 14.1 Å². The molecule has 4 rings (SSSR count). The second-order valence-electron chi connectivity index (χ2n) is 9.38.